The molecule has 1 fully saturated rings. The smallest absolute Gasteiger partial charge is 0.417 e. The van der Waals surface area contributed by atoms with E-state index in [4.69, 9.17) is 10.00 Å². The molecule has 1 saturated heterocycles. The monoisotopic (exact) mass is 418 g/mol. The minimum absolute atomic E-state index is 0.153. The number of ether oxygens (including phenoxy) is 1. The number of pyridine rings is 1. The maximum Gasteiger partial charge on any atom is 0.417 e. The van der Waals surface area contributed by atoms with E-state index in [9.17, 15) is 17.6 Å². The Kier molecular flexibility index (Phi) is 5.12. The molecule has 30 heavy (non-hydrogen) atoms. The van der Waals surface area contributed by atoms with Gasteiger partial charge in [0, 0.05) is 18.0 Å². The van der Waals surface area contributed by atoms with E-state index in [-0.39, 0.29) is 12.2 Å². The number of rotatable bonds is 4. The molecule has 0 atom stereocenters. The predicted octanol–water partition coefficient (Wildman–Crippen LogP) is 4.59. The highest BCUT2D eigenvalue weighted by Crippen LogP contribution is 2.39. The molecular formula is C21H18F4N4O. The lowest BCUT2D eigenvalue weighted by atomic mass is 9.95. The largest absolute Gasteiger partial charge is 0.489 e. The molecule has 1 aromatic carbocycles. The van der Waals surface area contributed by atoms with Gasteiger partial charge in [0.2, 0.25) is 0 Å². The SMILES string of the molecule is N#Cc1ccc(-c2c[nH]c3nccc(OCC4(F)CCNCC4)c23)cc1C(F)(F)F. The number of benzene rings is 1. The molecule has 3 heterocycles. The van der Waals surface area contributed by atoms with Crippen molar-refractivity contribution in [2.45, 2.75) is 24.7 Å². The van der Waals surface area contributed by atoms with Crippen LogP contribution in [0, 0.1) is 11.3 Å². The normalized spacial score (nSPS) is 16.4. The molecule has 5 nitrogen and oxygen atoms in total. The van der Waals surface area contributed by atoms with Crippen molar-refractivity contribution in [3.05, 3.63) is 47.8 Å². The number of hydrogen-bond acceptors (Lipinski definition) is 4. The molecule has 1 aliphatic heterocycles. The number of halogens is 4. The Labute approximate surface area is 169 Å². The third kappa shape index (κ3) is 3.83. The van der Waals surface area contributed by atoms with Crippen LogP contribution in [0.3, 0.4) is 0 Å². The number of H-pyrrole nitrogens is 1. The zero-order chi connectivity index (χ0) is 21.4. The van der Waals surface area contributed by atoms with Gasteiger partial charge >= 0.3 is 6.18 Å². The van der Waals surface area contributed by atoms with Gasteiger partial charge in [-0.15, -0.1) is 0 Å². The van der Waals surface area contributed by atoms with Crippen molar-refractivity contribution in [1.29, 1.82) is 5.26 Å². The Hall–Kier alpha value is -3.12. The number of aromatic amines is 1. The zero-order valence-electron chi connectivity index (χ0n) is 15.8. The van der Waals surface area contributed by atoms with Crippen LogP contribution in [0.4, 0.5) is 17.6 Å². The third-order valence-corrected chi connectivity index (χ3v) is 5.28. The summed E-state index contributed by atoms with van der Waals surface area (Å²) in [7, 11) is 0. The second-order valence-electron chi connectivity index (χ2n) is 7.29. The first-order valence-electron chi connectivity index (χ1n) is 9.41. The number of nitriles is 1. The highest BCUT2D eigenvalue weighted by atomic mass is 19.4. The molecule has 0 saturated carbocycles. The Morgan fingerprint density at radius 1 is 1.20 bits per heavy atom. The highest BCUT2D eigenvalue weighted by Gasteiger charge is 2.35. The lowest BCUT2D eigenvalue weighted by Gasteiger charge is -2.29. The summed E-state index contributed by atoms with van der Waals surface area (Å²) < 4.78 is 60.8. The van der Waals surface area contributed by atoms with E-state index >= 15 is 0 Å². The molecule has 2 aromatic heterocycles. The van der Waals surface area contributed by atoms with Gasteiger partial charge in [0.15, 0.2) is 0 Å². The van der Waals surface area contributed by atoms with Crippen molar-refractivity contribution >= 4 is 11.0 Å². The summed E-state index contributed by atoms with van der Waals surface area (Å²) in [6, 6.07) is 6.65. The second-order valence-corrected chi connectivity index (χ2v) is 7.29. The number of nitrogens with zero attached hydrogens (tertiary/aromatic N) is 2. The Morgan fingerprint density at radius 2 is 1.97 bits per heavy atom. The molecule has 3 aromatic rings. The minimum atomic E-state index is -4.67. The summed E-state index contributed by atoms with van der Waals surface area (Å²) in [6.45, 7) is 0.971. The summed E-state index contributed by atoms with van der Waals surface area (Å²) in [5, 5.41) is 12.6. The van der Waals surface area contributed by atoms with E-state index in [0.717, 1.165) is 12.1 Å². The maximum absolute atomic E-state index is 14.9. The van der Waals surface area contributed by atoms with E-state index in [1.165, 1.54) is 18.5 Å². The van der Waals surface area contributed by atoms with E-state index in [1.54, 1.807) is 12.1 Å². The highest BCUT2D eigenvalue weighted by molar-refractivity contribution is 5.98. The van der Waals surface area contributed by atoms with Crippen molar-refractivity contribution in [3.8, 4) is 22.9 Å². The standard InChI is InChI=1S/C21H18F4N4O/c22-20(4-7-27-8-5-20)12-30-17-3-6-28-19-18(17)15(11-29-19)13-1-2-14(10-26)16(9-13)21(23,24)25/h1-3,6,9,11,27H,4-5,7-8,12H2,(H,28,29). The number of alkyl halides is 4. The molecule has 0 unspecified atom stereocenters. The van der Waals surface area contributed by atoms with Crippen LogP contribution in [-0.4, -0.2) is 35.3 Å². The first-order valence-corrected chi connectivity index (χ1v) is 9.41. The summed E-state index contributed by atoms with van der Waals surface area (Å²) >= 11 is 0. The van der Waals surface area contributed by atoms with Crippen LogP contribution in [0.5, 0.6) is 5.75 Å². The van der Waals surface area contributed by atoms with Gasteiger partial charge < -0.3 is 15.0 Å². The predicted molar refractivity (Wildman–Crippen MR) is 103 cm³/mol. The van der Waals surface area contributed by atoms with E-state index in [2.05, 4.69) is 15.3 Å². The first-order chi connectivity index (χ1) is 14.3. The second kappa shape index (κ2) is 7.61. The lowest BCUT2D eigenvalue weighted by Crippen LogP contribution is -2.42. The van der Waals surface area contributed by atoms with Gasteiger partial charge in [-0.05, 0) is 49.7 Å². The molecule has 0 spiro atoms. The molecule has 156 valence electrons. The molecule has 9 heteroatoms. The molecule has 1 aliphatic rings. The van der Waals surface area contributed by atoms with Crippen molar-refractivity contribution in [3.63, 3.8) is 0 Å². The average Bonchev–Trinajstić information content (AvgIpc) is 3.16. The van der Waals surface area contributed by atoms with Crippen molar-refractivity contribution < 1.29 is 22.3 Å². The summed E-state index contributed by atoms with van der Waals surface area (Å²) in [6.07, 6.45) is -0.995. The number of nitrogens with one attached hydrogen (secondary N) is 2. The Bertz CT molecular complexity index is 1110. The van der Waals surface area contributed by atoms with Crippen LogP contribution < -0.4 is 10.1 Å². The number of hydrogen-bond donors (Lipinski definition) is 2. The topological polar surface area (TPSA) is 73.7 Å². The molecule has 0 amide bonds. The minimum Gasteiger partial charge on any atom is -0.489 e. The number of aromatic nitrogens is 2. The summed E-state index contributed by atoms with van der Waals surface area (Å²) in [4.78, 5) is 7.11. The summed E-state index contributed by atoms with van der Waals surface area (Å²) in [5.41, 5.74) is -1.83. The van der Waals surface area contributed by atoms with Gasteiger partial charge in [-0.1, -0.05) is 6.07 Å². The molecule has 2 N–H and O–H groups in total. The maximum atomic E-state index is 14.9. The van der Waals surface area contributed by atoms with E-state index in [1.807, 2.05) is 0 Å². The van der Waals surface area contributed by atoms with Crippen LogP contribution in [-0.2, 0) is 6.18 Å². The molecular weight excluding hydrogens is 400 g/mol. The van der Waals surface area contributed by atoms with Crippen LogP contribution in [0.2, 0.25) is 0 Å². The van der Waals surface area contributed by atoms with Crippen molar-refractivity contribution in [2.24, 2.45) is 0 Å². The summed E-state index contributed by atoms with van der Waals surface area (Å²) in [5.74, 6) is 0.338. The fourth-order valence-electron chi connectivity index (χ4n) is 3.64. The lowest BCUT2D eigenvalue weighted by molar-refractivity contribution is -0.137. The van der Waals surface area contributed by atoms with Gasteiger partial charge in [-0.2, -0.15) is 18.4 Å². The molecule has 0 aliphatic carbocycles. The first kappa shape index (κ1) is 20.2. The fraction of sp³-hybridized carbons (Fsp3) is 0.333. The average molecular weight is 418 g/mol. The third-order valence-electron chi connectivity index (χ3n) is 5.28. The van der Waals surface area contributed by atoms with Crippen molar-refractivity contribution in [2.75, 3.05) is 19.7 Å². The van der Waals surface area contributed by atoms with Gasteiger partial charge in [-0.25, -0.2) is 9.37 Å². The van der Waals surface area contributed by atoms with Gasteiger partial charge in [-0.3, -0.25) is 0 Å². The van der Waals surface area contributed by atoms with Gasteiger partial charge in [0.25, 0.3) is 0 Å². The van der Waals surface area contributed by atoms with Gasteiger partial charge in [0.1, 0.15) is 23.7 Å². The van der Waals surface area contributed by atoms with Crippen LogP contribution in [0.15, 0.2) is 36.7 Å². The van der Waals surface area contributed by atoms with Gasteiger partial charge in [0.05, 0.1) is 22.6 Å². The molecule has 0 bridgehead atoms. The van der Waals surface area contributed by atoms with Crippen LogP contribution in [0.25, 0.3) is 22.2 Å². The zero-order valence-corrected chi connectivity index (χ0v) is 15.8. The number of piperidine rings is 1. The molecule has 0 radical (unpaired) electrons. The van der Waals surface area contributed by atoms with Crippen molar-refractivity contribution in [1.82, 2.24) is 15.3 Å². The Balaban J connectivity index is 1.74. The fourth-order valence-corrected chi connectivity index (χ4v) is 3.64. The van der Waals surface area contributed by atoms with Crippen LogP contribution in [0.1, 0.15) is 24.0 Å². The van der Waals surface area contributed by atoms with Crippen LogP contribution >= 0.6 is 0 Å². The molecule has 4 rings (SSSR count). The quantitative estimate of drug-likeness (QED) is 0.608. The van der Waals surface area contributed by atoms with E-state index < -0.39 is 23.0 Å². The van der Waals surface area contributed by atoms with E-state index in [0.29, 0.717) is 48.3 Å². The Morgan fingerprint density at radius 3 is 2.67 bits per heavy atom. The number of fused-ring (bicyclic) bond motifs is 1.